The van der Waals surface area contributed by atoms with Crippen molar-refractivity contribution in [1.82, 2.24) is 5.32 Å². The minimum absolute atomic E-state index is 0.0530. The molecule has 0 spiro atoms. The molecule has 1 fully saturated rings. The molecule has 1 N–H and O–H groups in total. The molecule has 24 heavy (non-hydrogen) atoms. The highest BCUT2D eigenvalue weighted by atomic mass is 32.2. The molecule has 1 aliphatic rings. The number of hydrogen-bond donors (Lipinski definition) is 1. The van der Waals surface area contributed by atoms with Crippen molar-refractivity contribution in [2.45, 2.75) is 44.8 Å². The Labute approximate surface area is 148 Å². The summed E-state index contributed by atoms with van der Waals surface area (Å²) in [5, 5.41) is 2.94. The molecule has 0 saturated carbocycles. The molecule has 134 valence electrons. The van der Waals surface area contributed by atoms with E-state index in [0.29, 0.717) is 25.3 Å². The number of carbonyl (C=O) groups is 1. The van der Waals surface area contributed by atoms with Crippen LogP contribution in [0, 0.1) is 0 Å². The highest BCUT2D eigenvalue weighted by molar-refractivity contribution is 8.02. The normalized spacial score (nSPS) is 19.5. The van der Waals surface area contributed by atoms with Crippen molar-refractivity contribution in [3.63, 3.8) is 0 Å². The highest BCUT2D eigenvalue weighted by Gasteiger charge is 2.28. The van der Waals surface area contributed by atoms with E-state index in [-0.39, 0.29) is 28.8 Å². The van der Waals surface area contributed by atoms with Crippen LogP contribution in [0.25, 0.3) is 0 Å². The number of sulfone groups is 1. The van der Waals surface area contributed by atoms with Gasteiger partial charge in [0.25, 0.3) is 0 Å². The lowest BCUT2D eigenvalue weighted by molar-refractivity contribution is -0.118. The summed E-state index contributed by atoms with van der Waals surface area (Å²) in [4.78, 5) is 11.9. The molecule has 1 aromatic carbocycles. The van der Waals surface area contributed by atoms with Crippen LogP contribution in [0.15, 0.2) is 24.3 Å². The van der Waals surface area contributed by atoms with Gasteiger partial charge in [-0.1, -0.05) is 24.3 Å². The molecule has 1 saturated heterocycles. The molecule has 0 aliphatic carbocycles. The van der Waals surface area contributed by atoms with E-state index in [2.05, 4.69) is 5.32 Å². The third-order valence-corrected chi connectivity index (χ3v) is 6.99. The van der Waals surface area contributed by atoms with Crippen LogP contribution < -0.4 is 5.32 Å². The van der Waals surface area contributed by atoms with Gasteiger partial charge in [0.15, 0.2) is 9.84 Å². The fraction of sp³-hybridized carbons (Fsp3) is 0.588. The maximum atomic E-state index is 11.9. The van der Waals surface area contributed by atoms with Gasteiger partial charge in [0, 0.05) is 11.8 Å². The van der Waals surface area contributed by atoms with Gasteiger partial charge in [-0.25, -0.2) is 8.42 Å². The van der Waals surface area contributed by atoms with Gasteiger partial charge in [0.2, 0.25) is 5.91 Å². The first kappa shape index (κ1) is 19.3. The summed E-state index contributed by atoms with van der Waals surface area (Å²) in [6.45, 7) is 5.03. The van der Waals surface area contributed by atoms with Crippen molar-refractivity contribution >= 4 is 27.5 Å². The molecule has 1 aromatic rings. The molecular formula is C17H25NO4S2. The van der Waals surface area contributed by atoms with Gasteiger partial charge in [-0.3, -0.25) is 4.79 Å². The Bertz CT molecular complexity index is 658. The van der Waals surface area contributed by atoms with Crippen molar-refractivity contribution in [2.75, 3.05) is 17.3 Å². The van der Waals surface area contributed by atoms with Crippen molar-refractivity contribution in [2.24, 2.45) is 0 Å². The topological polar surface area (TPSA) is 72.5 Å². The standard InChI is InChI=1S/C17H25NO4S2/c1-13(2)22-10-15-5-3-4-14(8-15)9-18-17(19)11-23-16-6-7-24(20,21)12-16/h3-5,8,13,16H,6-7,9-12H2,1-2H3,(H,18,19). The van der Waals surface area contributed by atoms with Crippen LogP contribution in [-0.2, 0) is 32.5 Å². The smallest absolute Gasteiger partial charge is 0.230 e. The predicted octanol–water partition coefficient (Wildman–Crippen LogP) is 2.15. The molecular weight excluding hydrogens is 346 g/mol. The molecule has 7 heteroatoms. The van der Waals surface area contributed by atoms with Gasteiger partial charge in [0.05, 0.1) is 30.0 Å². The molecule has 2 rings (SSSR count). The van der Waals surface area contributed by atoms with Crippen LogP contribution in [0.2, 0.25) is 0 Å². The molecule has 5 nitrogen and oxygen atoms in total. The van der Waals surface area contributed by atoms with Crippen LogP contribution in [0.4, 0.5) is 0 Å². The third-order valence-electron chi connectivity index (χ3n) is 3.71. The van der Waals surface area contributed by atoms with Gasteiger partial charge < -0.3 is 10.1 Å². The Morgan fingerprint density at radius 1 is 1.38 bits per heavy atom. The number of rotatable bonds is 8. The molecule has 1 aliphatic heterocycles. The maximum Gasteiger partial charge on any atom is 0.230 e. The summed E-state index contributed by atoms with van der Waals surface area (Å²) in [6, 6.07) is 7.96. The Hall–Kier alpha value is -1.05. The Balaban J connectivity index is 1.72. The van der Waals surface area contributed by atoms with E-state index in [0.717, 1.165) is 11.1 Å². The van der Waals surface area contributed by atoms with Crippen LogP contribution in [0.5, 0.6) is 0 Å². The fourth-order valence-corrected chi connectivity index (χ4v) is 5.90. The molecule has 1 heterocycles. The van der Waals surface area contributed by atoms with E-state index in [1.807, 2.05) is 38.1 Å². The first-order valence-corrected chi connectivity index (χ1v) is 11.0. The number of nitrogens with one attached hydrogen (secondary N) is 1. The molecule has 1 unspecified atom stereocenters. The lowest BCUT2D eigenvalue weighted by Gasteiger charge is -2.10. The second-order valence-electron chi connectivity index (χ2n) is 6.29. The largest absolute Gasteiger partial charge is 0.374 e. The fourth-order valence-electron chi connectivity index (χ4n) is 2.43. The zero-order valence-electron chi connectivity index (χ0n) is 14.2. The SMILES string of the molecule is CC(C)OCc1cccc(CNC(=O)CSC2CCS(=O)(=O)C2)c1. The molecule has 1 atom stereocenters. The lowest BCUT2D eigenvalue weighted by Crippen LogP contribution is -2.25. The van der Waals surface area contributed by atoms with E-state index in [1.54, 1.807) is 0 Å². The van der Waals surface area contributed by atoms with E-state index in [9.17, 15) is 13.2 Å². The summed E-state index contributed by atoms with van der Waals surface area (Å²) >= 11 is 1.43. The summed E-state index contributed by atoms with van der Waals surface area (Å²) in [6.07, 6.45) is 0.836. The number of carbonyl (C=O) groups excluding carboxylic acids is 1. The molecule has 0 radical (unpaired) electrons. The molecule has 0 aromatic heterocycles. The van der Waals surface area contributed by atoms with E-state index >= 15 is 0 Å². The van der Waals surface area contributed by atoms with Gasteiger partial charge >= 0.3 is 0 Å². The Morgan fingerprint density at radius 3 is 2.79 bits per heavy atom. The second kappa shape index (κ2) is 8.87. The van der Waals surface area contributed by atoms with Gasteiger partial charge in [-0.05, 0) is 31.4 Å². The number of benzene rings is 1. The summed E-state index contributed by atoms with van der Waals surface area (Å²) in [5.74, 6) is 0.685. The number of amides is 1. The first-order chi connectivity index (χ1) is 11.3. The quantitative estimate of drug-likeness (QED) is 0.758. The highest BCUT2D eigenvalue weighted by Crippen LogP contribution is 2.23. The van der Waals surface area contributed by atoms with Gasteiger partial charge in [0.1, 0.15) is 0 Å². The van der Waals surface area contributed by atoms with E-state index in [1.165, 1.54) is 11.8 Å². The summed E-state index contributed by atoms with van der Waals surface area (Å²) in [5.41, 5.74) is 2.11. The van der Waals surface area contributed by atoms with Gasteiger partial charge in [-0.15, -0.1) is 11.8 Å². The van der Waals surface area contributed by atoms with Crippen LogP contribution >= 0.6 is 11.8 Å². The van der Waals surface area contributed by atoms with Crippen LogP contribution in [0.3, 0.4) is 0 Å². The lowest BCUT2D eigenvalue weighted by atomic mass is 10.1. The summed E-state index contributed by atoms with van der Waals surface area (Å²) in [7, 11) is -2.88. The average molecular weight is 372 g/mol. The first-order valence-electron chi connectivity index (χ1n) is 8.12. The maximum absolute atomic E-state index is 11.9. The van der Waals surface area contributed by atoms with Crippen molar-refractivity contribution in [3.05, 3.63) is 35.4 Å². The zero-order chi connectivity index (χ0) is 17.6. The van der Waals surface area contributed by atoms with E-state index < -0.39 is 9.84 Å². The van der Waals surface area contributed by atoms with Crippen molar-refractivity contribution in [3.8, 4) is 0 Å². The monoisotopic (exact) mass is 371 g/mol. The predicted molar refractivity (Wildman–Crippen MR) is 97.7 cm³/mol. The van der Waals surface area contributed by atoms with Crippen LogP contribution in [-0.4, -0.2) is 42.9 Å². The third kappa shape index (κ3) is 6.83. The van der Waals surface area contributed by atoms with Crippen molar-refractivity contribution in [1.29, 1.82) is 0 Å². The number of ether oxygens (including phenoxy) is 1. The zero-order valence-corrected chi connectivity index (χ0v) is 15.8. The second-order valence-corrected chi connectivity index (χ2v) is 9.81. The Morgan fingerprint density at radius 2 is 2.12 bits per heavy atom. The van der Waals surface area contributed by atoms with Crippen LogP contribution in [0.1, 0.15) is 31.4 Å². The molecule has 1 amide bonds. The van der Waals surface area contributed by atoms with E-state index in [4.69, 9.17) is 4.74 Å². The Kier molecular flexibility index (Phi) is 7.13. The minimum Gasteiger partial charge on any atom is -0.374 e. The number of thioether (sulfide) groups is 1. The van der Waals surface area contributed by atoms with Gasteiger partial charge in [-0.2, -0.15) is 0 Å². The average Bonchev–Trinajstić information content (AvgIpc) is 2.88. The van der Waals surface area contributed by atoms with Crippen molar-refractivity contribution < 1.29 is 17.9 Å². The summed E-state index contributed by atoms with van der Waals surface area (Å²) < 4.78 is 28.4. The minimum atomic E-state index is -2.88. The number of hydrogen-bond acceptors (Lipinski definition) is 5. The molecule has 0 bridgehead atoms.